The molecule has 0 spiro atoms. The molecule has 0 N–H and O–H groups in total. The van der Waals surface area contributed by atoms with Crippen molar-refractivity contribution in [1.82, 2.24) is 4.90 Å². The van der Waals surface area contributed by atoms with Crippen molar-refractivity contribution in [3.05, 3.63) is 102 Å². The van der Waals surface area contributed by atoms with Gasteiger partial charge in [-0.25, -0.2) is 0 Å². The molecule has 1 heterocycles. The Morgan fingerprint density at radius 3 is 2.42 bits per heavy atom. The van der Waals surface area contributed by atoms with E-state index in [0.29, 0.717) is 0 Å². The lowest BCUT2D eigenvalue weighted by molar-refractivity contribution is 0.559. The molecule has 0 bridgehead atoms. The summed E-state index contributed by atoms with van der Waals surface area (Å²) in [7, 11) is 0. The van der Waals surface area contributed by atoms with E-state index in [0.717, 1.165) is 12.1 Å². The lowest BCUT2D eigenvalue weighted by Crippen LogP contribution is -2.14. The summed E-state index contributed by atoms with van der Waals surface area (Å²) in [6, 6.07) is 10.3. The third-order valence-corrected chi connectivity index (χ3v) is 3.59. The highest BCUT2D eigenvalue weighted by Gasteiger charge is 2.05. The Balaban J connectivity index is 0.00000139. The Morgan fingerprint density at radius 1 is 1.17 bits per heavy atom. The SMILES string of the molecule is C=C/C(=C\N1C=CC(/C(C)=C/C=C\C)=CC1)c1ccccc1.CC. The fourth-order valence-corrected chi connectivity index (χ4v) is 2.29. The van der Waals surface area contributed by atoms with Gasteiger partial charge in [0.05, 0.1) is 0 Å². The summed E-state index contributed by atoms with van der Waals surface area (Å²) in [6.07, 6.45) is 16.8. The van der Waals surface area contributed by atoms with Crippen LogP contribution in [-0.2, 0) is 0 Å². The molecule has 0 aliphatic carbocycles. The van der Waals surface area contributed by atoms with Crippen LogP contribution in [-0.4, -0.2) is 11.4 Å². The molecule has 0 unspecified atom stereocenters. The smallest absolute Gasteiger partial charge is 0.0409 e. The molecule has 24 heavy (non-hydrogen) atoms. The number of hydrogen-bond acceptors (Lipinski definition) is 1. The largest absolute Gasteiger partial charge is 0.350 e. The van der Waals surface area contributed by atoms with Crippen molar-refractivity contribution in [2.75, 3.05) is 6.54 Å². The van der Waals surface area contributed by atoms with Crippen LogP contribution in [0, 0.1) is 0 Å². The third-order valence-electron chi connectivity index (χ3n) is 3.59. The minimum Gasteiger partial charge on any atom is -0.350 e. The van der Waals surface area contributed by atoms with Crippen molar-refractivity contribution in [2.45, 2.75) is 27.7 Å². The first kappa shape index (κ1) is 19.5. The molecule has 1 nitrogen and oxygen atoms in total. The number of hydrogen-bond donors (Lipinski definition) is 0. The maximum absolute atomic E-state index is 3.93. The van der Waals surface area contributed by atoms with Crippen LogP contribution in [0.4, 0.5) is 0 Å². The van der Waals surface area contributed by atoms with E-state index in [9.17, 15) is 0 Å². The Labute approximate surface area is 147 Å². The van der Waals surface area contributed by atoms with E-state index in [1.54, 1.807) is 0 Å². The van der Waals surface area contributed by atoms with Gasteiger partial charge in [-0.1, -0.05) is 81.1 Å². The molecule has 0 atom stereocenters. The molecule has 126 valence electrons. The third kappa shape index (κ3) is 5.92. The molecular formula is C23H29N. The minimum absolute atomic E-state index is 0.872. The molecule has 0 amide bonds. The van der Waals surface area contributed by atoms with Gasteiger partial charge in [-0.2, -0.15) is 0 Å². The quantitative estimate of drug-likeness (QED) is 0.559. The second-order valence-corrected chi connectivity index (χ2v) is 5.20. The van der Waals surface area contributed by atoms with Crippen molar-refractivity contribution < 1.29 is 0 Å². The zero-order valence-corrected chi connectivity index (χ0v) is 15.4. The highest BCUT2D eigenvalue weighted by molar-refractivity contribution is 5.73. The Hall–Kier alpha value is -2.54. The first-order valence-corrected chi connectivity index (χ1v) is 8.58. The topological polar surface area (TPSA) is 3.24 Å². The van der Waals surface area contributed by atoms with Crippen molar-refractivity contribution in [3.8, 4) is 0 Å². The van der Waals surface area contributed by atoms with Crippen LogP contribution in [0.15, 0.2) is 96.9 Å². The predicted molar refractivity (Wildman–Crippen MR) is 108 cm³/mol. The average Bonchev–Trinajstić information content (AvgIpc) is 2.67. The highest BCUT2D eigenvalue weighted by atomic mass is 15.1. The van der Waals surface area contributed by atoms with Gasteiger partial charge in [0.25, 0.3) is 0 Å². The minimum atomic E-state index is 0.872. The normalized spacial score (nSPS) is 15.0. The van der Waals surface area contributed by atoms with Crippen LogP contribution in [0.25, 0.3) is 5.57 Å². The Morgan fingerprint density at radius 2 is 1.88 bits per heavy atom. The first-order chi connectivity index (χ1) is 11.7. The summed E-state index contributed by atoms with van der Waals surface area (Å²) in [6.45, 7) is 13.0. The molecule has 1 heteroatoms. The molecule has 1 aromatic rings. The van der Waals surface area contributed by atoms with Gasteiger partial charge >= 0.3 is 0 Å². The summed E-state index contributed by atoms with van der Waals surface area (Å²) in [4.78, 5) is 2.18. The summed E-state index contributed by atoms with van der Waals surface area (Å²) in [5.74, 6) is 0. The van der Waals surface area contributed by atoms with E-state index in [1.165, 1.54) is 16.7 Å². The van der Waals surface area contributed by atoms with Crippen LogP contribution < -0.4 is 0 Å². The fraction of sp³-hybridized carbons (Fsp3) is 0.217. The summed E-state index contributed by atoms with van der Waals surface area (Å²) in [5.41, 5.74) is 4.88. The van der Waals surface area contributed by atoms with Crippen LogP contribution in [0.5, 0.6) is 0 Å². The molecule has 1 aromatic carbocycles. The number of benzene rings is 1. The lowest BCUT2D eigenvalue weighted by atomic mass is 10.0. The predicted octanol–water partition coefficient (Wildman–Crippen LogP) is 6.52. The first-order valence-electron chi connectivity index (χ1n) is 8.58. The summed E-state index contributed by atoms with van der Waals surface area (Å²) >= 11 is 0. The maximum atomic E-state index is 3.93. The van der Waals surface area contributed by atoms with Gasteiger partial charge in [-0.15, -0.1) is 0 Å². The van der Waals surface area contributed by atoms with E-state index in [4.69, 9.17) is 0 Å². The van der Waals surface area contributed by atoms with E-state index in [1.807, 2.05) is 51.1 Å². The lowest BCUT2D eigenvalue weighted by Gasteiger charge is -2.20. The molecule has 1 aliphatic rings. The Kier molecular flexibility index (Phi) is 8.99. The van der Waals surface area contributed by atoms with E-state index in [-0.39, 0.29) is 0 Å². The maximum Gasteiger partial charge on any atom is 0.0409 e. The fourth-order valence-electron chi connectivity index (χ4n) is 2.29. The van der Waals surface area contributed by atoms with Gasteiger partial charge in [0.1, 0.15) is 0 Å². The summed E-state index contributed by atoms with van der Waals surface area (Å²) in [5, 5.41) is 0. The molecule has 0 aromatic heterocycles. The van der Waals surface area contributed by atoms with Crippen LogP contribution in [0.3, 0.4) is 0 Å². The molecule has 2 rings (SSSR count). The van der Waals surface area contributed by atoms with E-state index < -0.39 is 0 Å². The van der Waals surface area contributed by atoms with Crippen molar-refractivity contribution in [3.63, 3.8) is 0 Å². The van der Waals surface area contributed by atoms with Gasteiger partial charge in [0, 0.05) is 18.9 Å². The molecule has 0 fully saturated rings. The molecule has 0 saturated heterocycles. The van der Waals surface area contributed by atoms with Crippen LogP contribution in [0.2, 0.25) is 0 Å². The summed E-state index contributed by atoms with van der Waals surface area (Å²) < 4.78 is 0. The van der Waals surface area contributed by atoms with Crippen molar-refractivity contribution in [1.29, 1.82) is 0 Å². The van der Waals surface area contributed by atoms with E-state index in [2.05, 4.69) is 67.2 Å². The number of allylic oxidation sites excluding steroid dienone is 8. The van der Waals surface area contributed by atoms with E-state index >= 15 is 0 Å². The van der Waals surface area contributed by atoms with Gasteiger partial charge in [-0.05, 0) is 42.2 Å². The van der Waals surface area contributed by atoms with Gasteiger partial charge in [0.2, 0.25) is 0 Å². The molecule has 0 saturated carbocycles. The van der Waals surface area contributed by atoms with Crippen molar-refractivity contribution in [2.24, 2.45) is 0 Å². The number of rotatable bonds is 5. The zero-order valence-electron chi connectivity index (χ0n) is 15.4. The van der Waals surface area contributed by atoms with Gasteiger partial charge in [0.15, 0.2) is 0 Å². The second-order valence-electron chi connectivity index (χ2n) is 5.20. The highest BCUT2D eigenvalue weighted by Crippen LogP contribution is 2.20. The zero-order chi connectivity index (χ0) is 17.8. The second kappa shape index (κ2) is 11.1. The van der Waals surface area contributed by atoms with Gasteiger partial charge in [-0.3, -0.25) is 0 Å². The van der Waals surface area contributed by atoms with Crippen molar-refractivity contribution >= 4 is 5.57 Å². The number of nitrogens with zero attached hydrogens (tertiary/aromatic N) is 1. The van der Waals surface area contributed by atoms with Crippen LogP contribution >= 0.6 is 0 Å². The van der Waals surface area contributed by atoms with Crippen LogP contribution in [0.1, 0.15) is 33.3 Å². The standard InChI is InChI=1S/C21H23N.C2H6/c1-4-6-10-18(3)20-13-15-22(16-14-20)17-19(5-2)21-11-8-7-9-12-21;1-2/h4-15,17H,2,16H2,1,3H3;1-2H3/b6-4-,18-10+,19-17+;. The monoisotopic (exact) mass is 319 g/mol. The van der Waals surface area contributed by atoms with Gasteiger partial charge < -0.3 is 4.90 Å². The molecule has 1 aliphatic heterocycles. The Bertz CT molecular complexity index is 655. The average molecular weight is 319 g/mol. The molecular weight excluding hydrogens is 290 g/mol. The molecule has 0 radical (unpaired) electrons.